The first kappa shape index (κ1) is 20.8. The monoisotopic (exact) mass is 386 g/mol. The van der Waals surface area contributed by atoms with E-state index < -0.39 is 0 Å². The minimum absolute atomic E-state index is 0.233. The van der Waals surface area contributed by atoms with Crippen LogP contribution < -0.4 is 5.73 Å². The largest absolute Gasteiger partial charge is 0.370 e. The van der Waals surface area contributed by atoms with Crippen LogP contribution in [0.3, 0.4) is 0 Å². The highest BCUT2D eigenvalue weighted by molar-refractivity contribution is 5.76. The number of carbonyl (C=O) groups is 2. The van der Waals surface area contributed by atoms with Gasteiger partial charge < -0.3 is 15.5 Å². The molecule has 0 bridgehead atoms. The molecular weight excluding hydrogens is 352 g/mol. The Kier molecular flexibility index (Phi) is 7.86. The first-order chi connectivity index (χ1) is 13.6. The van der Waals surface area contributed by atoms with E-state index in [-0.39, 0.29) is 5.91 Å². The zero-order valence-electron chi connectivity index (χ0n) is 16.9. The fourth-order valence-electron chi connectivity index (χ4n) is 4.34. The van der Waals surface area contributed by atoms with Gasteiger partial charge in [-0.3, -0.25) is 14.5 Å². The van der Waals surface area contributed by atoms with Crippen LogP contribution in [0, 0.1) is 5.92 Å². The molecule has 2 amide bonds. The van der Waals surface area contributed by atoms with Crippen LogP contribution in [0.1, 0.15) is 37.7 Å². The Labute approximate surface area is 168 Å². The summed E-state index contributed by atoms with van der Waals surface area (Å²) in [5.41, 5.74) is 6.59. The number of primary amides is 1. The van der Waals surface area contributed by atoms with Gasteiger partial charge in [-0.05, 0) is 37.3 Å². The molecule has 6 heteroatoms. The van der Waals surface area contributed by atoms with Crippen molar-refractivity contribution in [1.82, 2.24) is 14.7 Å². The number of benzene rings is 1. The lowest BCUT2D eigenvalue weighted by Crippen LogP contribution is -2.48. The maximum Gasteiger partial charge on any atom is 0.222 e. The number of nitrogens with zero attached hydrogens (tertiary/aromatic N) is 3. The highest BCUT2D eigenvalue weighted by Crippen LogP contribution is 2.22. The van der Waals surface area contributed by atoms with Gasteiger partial charge in [-0.15, -0.1) is 0 Å². The van der Waals surface area contributed by atoms with E-state index >= 15 is 0 Å². The molecule has 0 spiro atoms. The number of amides is 2. The maximum absolute atomic E-state index is 12.6. The Morgan fingerprint density at radius 3 is 2.43 bits per heavy atom. The molecule has 0 unspecified atom stereocenters. The molecule has 0 radical (unpaired) electrons. The molecule has 2 N–H and O–H groups in total. The van der Waals surface area contributed by atoms with Gasteiger partial charge in [-0.2, -0.15) is 0 Å². The van der Waals surface area contributed by atoms with Crippen molar-refractivity contribution in [2.24, 2.45) is 11.7 Å². The second-order valence-electron chi connectivity index (χ2n) is 8.21. The van der Waals surface area contributed by atoms with Crippen LogP contribution in [0.2, 0.25) is 0 Å². The summed E-state index contributed by atoms with van der Waals surface area (Å²) in [5, 5.41) is 0. The van der Waals surface area contributed by atoms with Gasteiger partial charge in [0.15, 0.2) is 0 Å². The van der Waals surface area contributed by atoms with Gasteiger partial charge in [0.1, 0.15) is 0 Å². The van der Waals surface area contributed by atoms with Crippen molar-refractivity contribution in [3.63, 3.8) is 0 Å². The topological polar surface area (TPSA) is 69.9 Å². The van der Waals surface area contributed by atoms with Gasteiger partial charge in [0.05, 0.1) is 0 Å². The smallest absolute Gasteiger partial charge is 0.222 e. The molecule has 2 fully saturated rings. The Balaban J connectivity index is 1.34. The molecule has 0 saturated carbocycles. The molecule has 0 aliphatic carbocycles. The van der Waals surface area contributed by atoms with E-state index in [0.29, 0.717) is 24.7 Å². The Hall–Kier alpha value is -1.92. The lowest BCUT2D eigenvalue weighted by Gasteiger charge is -2.36. The zero-order chi connectivity index (χ0) is 19.8. The van der Waals surface area contributed by atoms with Crippen LogP contribution >= 0.6 is 0 Å². The summed E-state index contributed by atoms with van der Waals surface area (Å²) in [4.78, 5) is 30.4. The second kappa shape index (κ2) is 10.6. The quantitative estimate of drug-likeness (QED) is 0.738. The molecule has 154 valence electrons. The number of piperidine rings is 1. The summed E-state index contributed by atoms with van der Waals surface area (Å²) in [6, 6.07) is 10.5. The van der Waals surface area contributed by atoms with Gasteiger partial charge in [0.25, 0.3) is 0 Å². The second-order valence-corrected chi connectivity index (χ2v) is 8.21. The summed E-state index contributed by atoms with van der Waals surface area (Å²) >= 11 is 0. The number of hydrogen-bond donors (Lipinski definition) is 1. The number of nitrogens with two attached hydrogens (primary N) is 1. The lowest BCUT2D eigenvalue weighted by atomic mass is 9.93. The number of hydrogen-bond acceptors (Lipinski definition) is 4. The third kappa shape index (κ3) is 6.60. The number of rotatable bonds is 8. The van der Waals surface area contributed by atoms with Gasteiger partial charge in [-0.1, -0.05) is 30.3 Å². The highest BCUT2D eigenvalue weighted by Gasteiger charge is 2.24. The van der Waals surface area contributed by atoms with E-state index in [4.69, 9.17) is 5.73 Å². The molecule has 0 aromatic heterocycles. The highest BCUT2D eigenvalue weighted by atomic mass is 16.2. The number of likely N-dealkylation sites (tertiary alicyclic amines) is 1. The SMILES string of the molecule is NC(=O)CCN1CCC[C@@H](CCC(=O)N2CCN(Cc3ccccc3)CC2)C1. The van der Waals surface area contributed by atoms with Gasteiger partial charge in [0.2, 0.25) is 11.8 Å². The van der Waals surface area contributed by atoms with E-state index in [2.05, 4.69) is 34.1 Å². The first-order valence-corrected chi connectivity index (χ1v) is 10.6. The summed E-state index contributed by atoms with van der Waals surface area (Å²) in [7, 11) is 0. The number of carbonyl (C=O) groups excluding carboxylic acids is 2. The van der Waals surface area contributed by atoms with Crippen molar-refractivity contribution in [3.8, 4) is 0 Å². The third-order valence-corrected chi connectivity index (χ3v) is 6.02. The molecule has 1 aromatic carbocycles. The Morgan fingerprint density at radius 2 is 1.71 bits per heavy atom. The molecule has 2 saturated heterocycles. The third-order valence-electron chi connectivity index (χ3n) is 6.02. The van der Waals surface area contributed by atoms with E-state index in [1.54, 1.807) is 0 Å². The van der Waals surface area contributed by atoms with Crippen molar-refractivity contribution in [2.75, 3.05) is 45.8 Å². The van der Waals surface area contributed by atoms with Crippen LogP contribution in [0.4, 0.5) is 0 Å². The predicted molar refractivity (Wildman–Crippen MR) is 111 cm³/mol. The van der Waals surface area contributed by atoms with Crippen molar-refractivity contribution >= 4 is 11.8 Å². The van der Waals surface area contributed by atoms with Crippen molar-refractivity contribution < 1.29 is 9.59 Å². The molecule has 2 aliphatic rings. The standard InChI is InChI=1S/C22H34N4O2/c23-21(27)10-12-24-11-4-7-20(18-24)8-9-22(28)26-15-13-25(14-16-26)17-19-5-2-1-3-6-19/h1-3,5-6,20H,4,7-18H2,(H2,23,27)/t20-/m0/s1. The van der Waals surface area contributed by atoms with E-state index in [0.717, 1.165) is 65.2 Å². The molecule has 1 aromatic rings. The molecule has 6 nitrogen and oxygen atoms in total. The molecule has 1 atom stereocenters. The Morgan fingerprint density at radius 1 is 0.964 bits per heavy atom. The molecule has 28 heavy (non-hydrogen) atoms. The number of piperazine rings is 1. The van der Waals surface area contributed by atoms with Gasteiger partial charge in [0, 0.05) is 58.7 Å². The molecule has 3 rings (SSSR count). The predicted octanol–water partition coefficient (Wildman–Crippen LogP) is 1.70. The van der Waals surface area contributed by atoms with Crippen molar-refractivity contribution in [1.29, 1.82) is 0 Å². The maximum atomic E-state index is 12.6. The van der Waals surface area contributed by atoms with E-state index in [1.807, 2.05) is 11.0 Å². The van der Waals surface area contributed by atoms with Crippen molar-refractivity contribution in [2.45, 2.75) is 38.6 Å². The molecule has 2 aliphatic heterocycles. The van der Waals surface area contributed by atoms with E-state index in [1.165, 1.54) is 12.0 Å². The van der Waals surface area contributed by atoms with Crippen LogP contribution in [-0.2, 0) is 16.1 Å². The van der Waals surface area contributed by atoms with Crippen LogP contribution in [-0.4, -0.2) is 72.3 Å². The molecule has 2 heterocycles. The molecular formula is C22H34N4O2. The summed E-state index contributed by atoms with van der Waals surface area (Å²) in [5.74, 6) is 0.627. The summed E-state index contributed by atoms with van der Waals surface area (Å²) in [6.07, 6.45) is 4.36. The van der Waals surface area contributed by atoms with Gasteiger partial charge in [-0.25, -0.2) is 0 Å². The zero-order valence-corrected chi connectivity index (χ0v) is 16.9. The van der Waals surface area contributed by atoms with Crippen LogP contribution in [0.25, 0.3) is 0 Å². The average molecular weight is 387 g/mol. The van der Waals surface area contributed by atoms with Gasteiger partial charge >= 0.3 is 0 Å². The lowest BCUT2D eigenvalue weighted by molar-refractivity contribution is -0.133. The fraction of sp³-hybridized carbons (Fsp3) is 0.636. The fourth-order valence-corrected chi connectivity index (χ4v) is 4.34. The van der Waals surface area contributed by atoms with Crippen LogP contribution in [0.5, 0.6) is 0 Å². The Bertz CT molecular complexity index is 629. The summed E-state index contributed by atoms with van der Waals surface area (Å²) < 4.78 is 0. The average Bonchev–Trinajstić information content (AvgIpc) is 2.72. The van der Waals surface area contributed by atoms with E-state index in [9.17, 15) is 9.59 Å². The summed E-state index contributed by atoms with van der Waals surface area (Å²) in [6.45, 7) is 7.32. The van der Waals surface area contributed by atoms with Crippen molar-refractivity contribution in [3.05, 3.63) is 35.9 Å². The first-order valence-electron chi connectivity index (χ1n) is 10.6. The minimum Gasteiger partial charge on any atom is -0.370 e. The van der Waals surface area contributed by atoms with Crippen LogP contribution in [0.15, 0.2) is 30.3 Å². The minimum atomic E-state index is -0.233. The normalized spacial score (nSPS) is 21.6.